The topological polar surface area (TPSA) is 38.7 Å². The highest BCUT2D eigenvalue weighted by atomic mass is 16.5. The smallest absolute Gasteiger partial charge is 0.240 e. The minimum absolute atomic E-state index is 0.424. The Morgan fingerprint density at radius 3 is 3.00 bits per heavy atom. The molecule has 0 aliphatic heterocycles. The Balaban J connectivity index is 2.73. The van der Waals surface area contributed by atoms with Crippen LogP contribution in [0.15, 0.2) is 41.9 Å². The van der Waals surface area contributed by atoms with Crippen molar-refractivity contribution in [3.05, 3.63) is 42.5 Å². The summed E-state index contributed by atoms with van der Waals surface area (Å²) in [4.78, 5) is 13.7. The Morgan fingerprint density at radius 1 is 1.50 bits per heavy atom. The fraction of sp³-hybridized carbons (Fsp3) is 0.182. The summed E-state index contributed by atoms with van der Waals surface area (Å²) >= 11 is 0. The molecule has 0 unspecified atom stereocenters. The van der Waals surface area contributed by atoms with Gasteiger partial charge in [-0.25, -0.2) is 4.79 Å². The lowest BCUT2D eigenvalue weighted by Gasteiger charge is -2.03. The summed E-state index contributed by atoms with van der Waals surface area (Å²) in [7, 11) is 0. The molecule has 3 nitrogen and oxygen atoms in total. The van der Waals surface area contributed by atoms with Gasteiger partial charge in [0.25, 0.3) is 0 Å². The summed E-state index contributed by atoms with van der Waals surface area (Å²) in [5.41, 5.74) is 1.48. The van der Waals surface area contributed by atoms with Crippen molar-refractivity contribution in [2.24, 2.45) is 4.99 Å². The third-order valence-electron chi connectivity index (χ3n) is 1.65. The zero-order valence-electron chi connectivity index (χ0n) is 7.77. The van der Waals surface area contributed by atoms with E-state index in [4.69, 9.17) is 4.74 Å². The molecular formula is C11H11NO2. The van der Waals surface area contributed by atoms with E-state index in [0.29, 0.717) is 18.9 Å². The van der Waals surface area contributed by atoms with Crippen molar-refractivity contribution in [2.75, 3.05) is 6.61 Å². The summed E-state index contributed by atoms with van der Waals surface area (Å²) < 4.78 is 5.25. The minimum Gasteiger partial charge on any atom is -0.373 e. The van der Waals surface area contributed by atoms with Gasteiger partial charge in [-0.05, 0) is 6.07 Å². The van der Waals surface area contributed by atoms with E-state index < -0.39 is 0 Å². The maximum absolute atomic E-state index is 10.1. The Bertz CT molecular complexity index is 354. The van der Waals surface area contributed by atoms with Crippen LogP contribution in [0.25, 0.3) is 0 Å². The predicted octanol–water partition coefficient (Wildman–Crippen LogP) is 2.36. The van der Waals surface area contributed by atoms with Gasteiger partial charge in [0.2, 0.25) is 6.08 Å². The number of rotatable bonds is 5. The van der Waals surface area contributed by atoms with Crippen LogP contribution in [0, 0.1) is 0 Å². The van der Waals surface area contributed by atoms with E-state index in [-0.39, 0.29) is 0 Å². The molecule has 0 spiro atoms. The molecule has 14 heavy (non-hydrogen) atoms. The third-order valence-corrected chi connectivity index (χ3v) is 1.65. The van der Waals surface area contributed by atoms with Gasteiger partial charge in [-0.3, -0.25) is 0 Å². The molecule has 0 N–H and O–H groups in total. The maximum Gasteiger partial charge on any atom is 0.240 e. The van der Waals surface area contributed by atoms with Gasteiger partial charge in [-0.2, -0.15) is 4.99 Å². The van der Waals surface area contributed by atoms with Crippen molar-refractivity contribution in [1.82, 2.24) is 0 Å². The molecule has 0 radical (unpaired) electrons. The zero-order valence-corrected chi connectivity index (χ0v) is 7.77. The van der Waals surface area contributed by atoms with Gasteiger partial charge in [0.05, 0.1) is 18.9 Å². The van der Waals surface area contributed by atoms with E-state index in [1.165, 1.54) is 6.08 Å². The number of ether oxygens (including phenoxy) is 1. The van der Waals surface area contributed by atoms with Gasteiger partial charge >= 0.3 is 0 Å². The van der Waals surface area contributed by atoms with Crippen LogP contribution >= 0.6 is 0 Å². The zero-order chi connectivity index (χ0) is 10.2. The van der Waals surface area contributed by atoms with Gasteiger partial charge in [0.15, 0.2) is 0 Å². The fourth-order valence-electron chi connectivity index (χ4n) is 1.04. The van der Waals surface area contributed by atoms with E-state index in [9.17, 15) is 4.79 Å². The molecule has 0 fully saturated rings. The highest BCUT2D eigenvalue weighted by Gasteiger charge is 1.99. The minimum atomic E-state index is 0.424. The van der Waals surface area contributed by atoms with Crippen molar-refractivity contribution in [2.45, 2.75) is 6.61 Å². The number of hydrogen-bond acceptors (Lipinski definition) is 3. The lowest BCUT2D eigenvalue weighted by atomic mass is 10.2. The van der Waals surface area contributed by atoms with Gasteiger partial charge < -0.3 is 4.74 Å². The van der Waals surface area contributed by atoms with Crippen LogP contribution in [0.3, 0.4) is 0 Å². The van der Waals surface area contributed by atoms with Gasteiger partial charge in [0.1, 0.15) is 0 Å². The second-order valence-electron chi connectivity index (χ2n) is 2.64. The van der Waals surface area contributed by atoms with Crippen LogP contribution in [0.1, 0.15) is 5.56 Å². The molecule has 3 heteroatoms. The lowest BCUT2D eigenvalue weighted by molar-refractivity contribution is 0.149. The normalized spacial score (nSPS) is 9.14. The molecule has 0 saturated heterocycles. The second kappa shape index (κ2) is 5.86. The first kappa shape index (κ1) is 10.4. The van der Waals surface area contributed by atoms with Crippen molar-refractivity contribution >= 4 is 11.8 Å². The van der Waals surface area contributed by atoms with Crippen LogP contribution < -0.4 is 0 Å². The summed E-state index contributed by atoms with van der Waals surface area (Å²) in [6, 6.07) is 7.29. The Labute approximate surface area is 82.7 Å². The van der Waals surface area contributed by atoms with Crippen LogP contribution in [-0.4, -0.2) is 12.7 Å². The Morgan fingerprint density at radius 2 is 2.29 bits per heavy atom. The molecule has 1 aromatic carbocycles. The standard InChI is InChI=1S/C11H11NO2/c1-2-7-14-8-10-5-3-4-6-11(10)12-9-13/h2-6H,1,7-8H2. The summed E-state index contributed by atoms with van der Waals surface area (Å²) in [5.74, 6) is 0. The molecule has 1 aromatic rings. The number of nitrogens with zero attached hydrogens (tertiary/aromatic N) is 1. The van der Waals surface area contributed by atoms with Crippen LogP contribution in [0.4, 0.5) is 5.69 Å². The van der Waals surface area contributed by atoms with Gasteiger partial charge in [-0.15, -0.1) is 6.58 Å². The molecule has 0 atom stereocenters. The first-order chi connectivity index (χ1) is 6.88. The highest BCUT2D eigenvalue weighted by Crippen LogP contribution is 2.18. The number of hydrogen-bond donors (Lipinski definition) is 0. The van der Waals surface area contributed by atoms with Crippen LogP contribution in [0.2, 0.25) is 0 Å². The molecule has 0 aliphatic rings. The summed E-state index contributed by atoms with van der Waals surface area (Å²) in [6.45, 7) is 4.45. The Hall–Kier alpha value is -1.70. The fourth-order valence-corrected chi connectivity index (χ4v) is 1.04. The molecule has 1 rings (SSSR count). The lowest BCUT2D eigenvalue weighted by Crippen LogP contribution is -1.92. The van der Waals surface area contributed by atoms with Crippen molar-refractivity contribution < 1.29 is 9.53 Å². The average Bonchev–Trinajstić information content (AvgIpc) is 2.21. The Kier molecular flexibility index (Phi) is 4.35. The van der Waals surface area contributed by atoms with E-state index in [1.54, 1.807) is 12.1 Å². The number of para-hydroxylation sites is 1. The number of benzene rings is 1. The SMILES string of the molecule is C=CCOCc1ccccc1N=C=O. The molecule has 0 bridgehead atoms. The molecule has 0 aromatic heterocycles. The third kappa shape index (κ3) is 2.98. The molecular weight excluding hydrogens is 178 g/mol. The van der Waals surface area contributed by atoms with Crippen molar-refractivity contribution in [3.8, 4) is 0 Å². The van der Waals surface area contributed by atoms with E-state index in [2.05, 4.69) is 11.6 Å². The van der Waals surface area contributed by atoms with Crippen LogP contribution in [0.5, 0.6) is 0 Å². The second-order valence-corrected chi connectivity index (χ2v) is 2.64. The number of aliphatic imine (C=N–C) groups is 1. The van der Waals surface area contributed by atoms with Gasteiger partial charge in [-0.1, -0.05) is 24.3 Å². The first-order valence-corrected chi connectivity index (χ1v) is 4.23. The molecule has 0 aliphatic carbocycles. The van der Waals surface area contributed by atoms with Crippen molar-refractivity contribution in [1.29, 1.82) is 0 Å². The van der Waals surface area contributed by atoms with Gasteiger partial charge in [0, 0.05) is 5.56 Å². The molecule has 0 saturated carbocycles. The van der Waals surface area contributed by atoms with E-state index >= 15 is 0 Å². The predicted molar refractivity (Wildman–Crippen MR) is 54.1 cm³/mol. The number of isocyanates is 1. The van der Waals surface area contributed by atoms with E-state index in [1.807, 2.05) is 18.2 Å². The first-order valence-electron chi connectivity index (χ1n) is 4.23. The molecule has 0 heterocycles. The number of carbonyl (C=O) groups excluding carboxylic acids is 1. The molecule has 0 amide bonds. The maximum atomic E-state index is 10.1. The highest BCUT2D eigenvalue weighted by molar-refractivity contribution is 5.53. The molecule has 72 valence electrons. The summed E-state index contributed by atoms with van der Waals surface area (Å²) in [5, 5.41) is 0. The van der Waals surface area contributed by atoms with Crippen molar-refractivity contribution in [3.63, 3.8) is 0 Å². The largest absolute Gasteiger partial charge is 0.373 e. The average molecular weight is 189 g/mol. The monoisotopic (exact) mass is 189 g/mol. The quantitative estimate of drug-likeness (QED) is 0.308. The van der Waals surface area contributed by atoms with E-state index in [0.717, 1.165) is 5.56 Å². The summed E-state index contributed by atoms with van der Waals surface area (Å²) in [6.07, 6.45) is 3.19. The van der Waals surface area contributed by atoms with Crippen LogP contribution in [-0.2, 0) is 16.1 Å².